The molecule has 0 amide bonds. The van der Waals surface area contributed by atoms with Crippen LogP contribution >= 0.6 is 0 Å². The molecule has 2 rings (SSSR count). The molecule has 0 aliphatic carbocycles. The van der Waals surface area contributed by atoms with Gasteiger partial charge in [-0.05, 0) is 43.8 Å². The van der Waals surface area contributed by atoms with E-state index in [9.17, 15) is 0 Å². The Kier molecular flexibility index (Phi) is 2.47. The van der Waals surface area contributed by atoms with Crippen molar-refractivity contribution < 1.29 is 0 Å². The second kappa shape index (κ2) is 3.76. The van der Waals surface area contributed by atoms with Crippen LogP contribution in [0.5, 0.6) is 0 Å². The highest BCUT2D eigenvalue weighted by Crippen LogP contribution is 2.11. The first-order valence-corrected chi connectivity index (χ1v) is 4.76. The smallest absolute Gasteiger partial charge is 0.0331 e. The molecule has 0 aromatic carbocycles. The fourth-order valence-electron chi connectivity index (χ4n) is 1.81. The van der Waals surface area contributed by atoms with E-state index in [0.717, 1.165) is 13.1 Å². The van der Waals surface area contributed by atoms with Crippen LogP contribution in [0.15, 0.2) is 23.9 Å². The van der Waals surface area contributed by atoms with Gasteiger partial charge in [0.05, 0.1) is 0 Å². The maximum absolute atomic E-state index is 3.16. The highest BCUT2D eigenvalue weighted by Gasteiger charge is 2.11. The molecular formula is C10H16N2. The second-order valence-electron chi connectivity index (χ2n) is 3.50. The molecule has 0 unspecified atom stereocenters. The maximum atomic E-state index is 3.16. The lowest BCUT2D eigenvalue weighted by molar-refractivity contribution is 0.370. The monoisotopic (exact) mass is 164 g/mol. The summed E-state index contributed by atoms with van der Waals surface area (Å²) in [5.74, 6) is 0. The van der Waals surface area contributed by atoms with Crippen molar-refractivity contribution in [2.24, 2.45) is 0 Å². The Labute approximate surface area is 73.9 Å². The Bertz CT molecular complexity index is 200. The number of hydrogen-bond donors (Lipinski definition) is 1. The highest BCUT2D eigenvalue weighted by molar-refractivity contribution is 5.23. The summed E-state index contributed by atoms with van der Waals surface area (Å²) in [4.78, 5) is 2.53. The Balaban J connectivity index is 1.85. The summed E-state index contributed by atoms with van der Waals surface area (Å²) in [5, 5.41) is 3.16. The van der Waals surface area contributed by atoms with Crippen LogP contribution < -0.4 is 5.32 Å². The predicted octanol–water partition coefficient (Wildman–Crippen LogP) is 1.13. The van der Waals surface area contributed by atoms with Crippen molar-refractivity contribution in [1.82, 2.24) is 10.2 Å². The zero-order valence-electron chi connectivity index (χ0n) is 7.42. The molecule has 0 saturated carbocycles. The molecule has 2 nitrogen and oxygen atoms in total. The van der Waals surface area contributed by atoms with Gasteiger partial charge in [-0.15, -0.1) is 0 Å². The molecule has 2 heteroatoms. The number of nitrogens with one attached hydrogen (secondary N) is 1. The van der Waals surface area contributed by atoms with Crippen molar-refractivity contribution in [2.45, 2.75) is 12.8 Å². The molecule has 0 radical (unpaired) electrons. The van der Waals surface area contributed by atoms with Crippen LogP contribution in [0, 0.1) is 0 Å². The van der Waals surface area contributed by atoms with Crippen molar-refractivity contribution in [1.29, 1.82) is 0 Å². The number of dihydropyridines is 1. The average Bonchev–Trinajstić information content (AvgIpc) is 2.59. The van der Waals surface area contributed by atoms with Gasteiger partial charge in [-0.2, -0.15) is 0 Å². The largest absolute Gasteiger partial charge is 0.387 e. The Morgan fingerprint density at radius 1 is 1.33 bits per heavy atom. The predicted molar refractivity (Wildman–Crippen MR) is 50.9 cm³/mol. The van der Waals surface area contributed by atoms with E-state index in [1.807, 2.05) is 6.20 Å². The van der Waals surface area contributed by atoms with E-state index in [1.165, 1.54) is 31.5 Å². The van der Waals surface area contributed by atoms with Crippen molar-refractivity contribution in [3.63, 3.8) is 0 Å². The number of rotatable bonds is 2. The Morgan fingerprint density at radius 3 is 2.83 bits per heavy atom. The lowest BCUT2D eigenvalue weighted by atomic mass is 10.2. The Hall–Kier alpha value is -0.760. The molecule has 1 fully saturated rings. The topological polar surface area (TPSA) is 15.3 Å². The molecule has 0 spiro atoms. The van der Waals surface area contributed by atoms with Gasteiger partial charge in [-0.3, -0.25) is 4.90 Å². The minimum Gasteiger partial charge on any atom is -0.387 e. The highest BCUT2D eigenvalue weighted by atomic mass is 15.1. The minimum absolute atomic E-state index is 1.000. The first-order chi connectivity index (χ1) is 5.95. The van der Waals surface area contributed by atoms with Gasteiger partial charge in [-0.25, -0.2) is 0 Å². The first kappa shape index (κ1) is 7.87. The molecule has 1 saturated heterocycles. The van der Waals surface area contributed by atoms with Crippen LogP contribution in [0.1, 0.15) is 12.8 Å². The molecule has 12 heavy (non-hydrogen) atoms. The first-order valence-electron chi connectivity index (χ1n) is 4.76. The van der Waals surface area contributed by atoms with Crippen LogP contribution in [0.3, 0.4) is 0 Å². The van der Waals surface area contributed by atoms with Crippen molar-refractivity contribution in [3.05, 3.63) is 23.9 Å². The Morgan fingerprint density at radius 2 is 2.17 bits per heavy atom. The third kappa shape index (κ3) is 1.89. The number of hydrogen-bond acceptors (Lipinski definition) is 2. The second-order valence-corrected chi connectivity index (χ2v) is 3.50. The minimum atomic E-state index is 1.000. The molecule has 1 N–H and O–H groups in total. The number of likely N-dealkylation sites (tertiary alicyclic amines) is 1. The summed E-state index contributed by atoms with van der Waals surface area (Å²) in [6.07, 6.45) is 9.27. The maximum Gasteiger partial charge on any atom is 0.0331 e. The van der Waals surface area contributed by atoms with Gasteiger partial charge >= 0.3 is 0 Å². The molecule has 2 aliphatic rings. The van der Waals surface area contributed by atoms with Gasteiger partial charge in [0, 0.05) is 13.1 Å². The summed E-state index contributed by atoms with van der Waals surface area (Å²) in [5.41, 5.74) is 1.47. The van der Waals surface area contributed by atoms with Crippen LogP contribution in [-0.4, -0.2) is 31.1 Å². The summed E-state index contributed by atoms with van der Waals surface area (Å²) < 4.78 is 0. The molecule has 0 bridgehead atoms. The molecule has 2 aliphatic heterocycles. The summed E-state index contributed by atoms with van der Waals surface area (Å²) >= 11 is 0. The van der Waals surface area contributed by atoms with E-state index in [2.05, 4.69) is 22.4 Å². The quantitative estimate of drug-likeness (QED) is 0.658. The van der Waals surface area contributed by atoms with Gasteiger partial charge in [0.2, 0.25) is 0 Å². The van der Waals surface area contributed by atoms with E-state index in [4.69, 9.17) is 0 Å². The van der Waals surface area contributed by atoms with Crippen LogP contribution in [0.4, 0.5) is 0 Å². The zero-order chi connectivity index (χ0) is 8.23. The average molecular weight is 164 g/mol. The molecule has 2 heterocycles. The van der Waals surface area contributed by atoms with Gasteiger partial charge in [0.15, 0.2) is 0 Å². The molecular weight excluding hydrogens is 148 g/mol. The summed E-state index contributed by atoms with van der Waals surface area (Å²) in [6, 6.07) is 0. The van der Waals surface area contributed by atoms with Crippen molar-refractivity contribution in [3.8, 4) is 0 Å². The molecule has 66 valence electrons. The van der Waals surface area contributed by atoms with E-state index in [0.29, 0.717) is 0 Å². The molecule has 0 aromatic heterocycles. The fourth-order valence-corrected chi connectivity index (χ4v) is 1.81. The van der Waals surface area contributed by atoms with E-state index in [-0.39, 0.29) is 0 Å². The fraction of sp³-hybridized carbons (Fsp3) is 0.600. The lowest BCUT2D eigenvalue weighted by Crippen LogP contribution is -2.23. The van der Waals surface area contributed by atoms with E-state index in [1.54, 1.807) is 0 Å². The van der Waals surface area contributed by atoms with Crippen LogP contribution in [0.2, 0.25) is 0 Å². The van der Waals surface area contributed by atoms with Crippen LogP contribution in [-0.2, 0) is 0 Å². The van der Waals surface area contributed by atoms with Gasteiger partial charge in [-0.1, -0.05) is 6.08 Å². The molecule has 0 aromatic rings. The third-order valence-electron chi connectivity index (χ3n) is 2.50. The lowest BCUT2D eigenvalue weighted by Gasteiger charge is -2.16. The van der Waals surface area contributed by atoms with Gasteiger partial charge in [0.1, 0.15) is 0 Å². The van der Waals surface area contributed by atoms with E-state index < -0.39 is 0 Å². The standard InChI is InChI=1S/C10H16N2/c1-2-8-12(7-1)9-10-3-5-11-6-4-10/h3-5,11H,1-2,6-9H2. The summed E-state index contributed by atoms with van der Waals surface area (Å²) in [7, 11) is 0. The van der Waals surface area contributed by atoms with Gasteiger partial charge < -0.3 is 5.32 Å². The van der Waals surface area contributed by atoms with E-state index >= 15 is 0 Å². The number of nitrogens with zero attached hydrogens (tertiary/aromatic N) is 1. The van der Waals surface area contributed by atoms with Gasteiger partial charge in [0.25, 0.3) is 0 Å². The third-order valence-corrected chi connectivity index (χ3v) is 2.50. The normalized spacial score (nSPS) is 23.8. The van der Waals surface area contributed by atoms with Crippen molar-refractivity contribution >= 4 is 0 Å². The van der Waals surface area contributed by atoms with Crippen molar-refractivity contribution in [2.75, 3.05) is 26.2 Å². The SMILES string of the molecule is C1=CC(CN2CCCC2)=CCN1. The summed E-state index contributed by atoms with van der Waals surface area (Å²) in [6.45, 7) is 4.73. The zero-order valence-corrected chi connectivity index (χ0v) is 7.42. The van der Waals surface area contributed by atoms with Crippen LogP contribution in [0.25, 0.3) is 0 Å². The molecule has 0 atom stereocenters.